The molecule has 0 bridgehead atoms. The predicted octanol–water partition coefficient (Wildman–Crippen LogP) is 6.99. The average Bonchev–Trinajstić information content (AvgIpc) is 3.31. The van der Waals surface area contributed by atoms with Gasteiger partial charge in [0.1, 0.15) is 10.6 Å². The van der Waals surface area contributed by atoms with Crippen molar-refractivity contribution < 1.29 is 23.8 Å². The number of thiophene rings is 1. The molecule has 1 heterocycles. The molecule has 3 rings (SSSR count). The second-order valence-corrected chi connectivity index (χ2v) is 8.94. The summed E-state index contributed by atoms with van der Waals surface area (Å²) in [6.07, 6.45) is 6.08. The Bertz CT molecular complexity index is 1200. The second kappa shape index (κ2) is 13.5. The molecule has 7 heteroatoms. The number of amides is 1. The number of ether oxygens (including phenoxy) is 3. The van der Waals surface area contributed by atoms with Gasteiger partial charge in [-0.05, 0) is 54.7 Å². The third-order valence-electron chi connectivity index (χ3n) is 5.54. The van der Waals surface area contributed by atoms with Gasteiger partial charge in [-0.2, -0.15) is 0 Å². The Balaban J connectivity index is 1.78. The summed E-state index contributed by atoms with van der Waals surface area (Å²) in [4.78, 5) is 25.3. The van der Waals surface area contributed by atoms with Gasteiger partial charge in [0.25, 0.3) is 0 Å². The fourth-order valence-electron chi connectivity index (χ4n) is 3.55. The van der Waals surface area contributed by atoms with Crippen molar-refractivity contribution in [1.82, 2.24) is 0 Å². The summed E-state index contributed by atoms with van der Waals surface area (Å²) in [5.74, 6) is 0.482. The number of nitrogens with one attached hydrogen (secondary N) is 1. The number of anilines is 1. The van der Waals surface area contributed by atoms with Gasteiger partial charge in [-0.1, -0.05) is 50.6 Å². The molecule has 0 spiro atoms. The van der Waals surface area contributed by atoms with Crippen LogP contribution in [-0.2, 0) is 16.0 Å². The highest BCUT2D eigenvalue weighted by atomic mass is 32.1. The van der Waals surface area contributed by atoms with Gasteiger partial charge in [-0.25, -0.2) is 4.79 Å². The van der Waals surface area contributed by atoms with Crippen LogP contribution in [0.4, 0.5) is 5.00 Å². The topological polar surface area (TPSA) is 73.9 Å². The van der Waals surface area contributed by atoms with Gasteiger partial charge in [-0.15, -0.1) is 11.3 Å². The largest absolute Gasteiger partial charge is 0.490 e. The number of hydrogen-bond acceptors (Lipinski definition) is 6. The summed E-state index contributed by atoms with van der Waals surface area (Å²) < 4.78 is 16.5. The highest BCUT2D eigenvalue weighted by Gasteiger charge is 2.22. The maximum Gasteiger partial charge on any atom is 0.341 e. The van der Waals surface area contributed by atoms with Crippen LogP contribution < -0.4 is 14.8 Å². The molecular formula is C29H33NO5S. The van der Waals surface area contributed by atoms with Crippen molar-refractivity contribution in [3.8, 4) is 22.6 Å². The summed E-state index contributed by atoms with van der Waals surface area (Å²) in [5, 5.41) is 5.13. The first-order valence-corrected chi connectivity index (χ1v) is 13.1. The summed E-state index contributed by atoms with van der Waals surface area (Å²) in [6.45, 7) is 7.25. The molecule has 0 fully saturated rings. The molecule has 1 aromatic heterocycles. The minimum Gasteiger partial charge on any atom is -0.490 e. The Morgan fingerprint density at radius 3 is 2.44 bits per heavy atom. The summed E-state index contributed by atoms with van der Waals surface area (Å²) >= 11 is 1.29. The minimum absolute atomic E-state index is 0.348. The van der Waals surface area contributed by atoms with Crippen LogP contribution in [0.15, 0.2) is 53.9 Å². The Labute approximate surface area is 216 Å². The van der Waals surface area contributed by atoms with E-state index in [0.29, 0.717) is 35.3 Å². The van der Waals surface area contributed by atoms with Gasteiger partial charge >= 0.3 is 5.97 Å². The number of carbonyl (C=O) groups excluding carboxylic acids is 2. The minimum atomic E-state index is -0.495. The van der Waals surface area contributed by atoms with E-state index in [0.717, 1.165) is 36.0 Å². The first-order chi connectivity index (χ1) is 17.5. The van der Waals surface area contributed by atoms with Crippen molar-refractivity contribution in [1.29, 1.82) is 0 Å². The fraction of sp³-hybridized carbons (Fsp3) is 0.310. The lowest BCUT2D eigenvalue weighted by Crippen LogP contribution is -2.11. The van der Waals surface area contributed by atoms with E-state index in [2.05, 4.69) is 19.2 Å². The molecule has 0 radical (unpaired) electrons. The van der Waals surface area contributed by atoms with Crippen LogP contribution in [0.25, 0.3) is 17.2 Å². The van der Waals surface area contributed by atoms with Crippen molar-refractivity contribution in [2.24, 2.45) is 0 Å². The molecule has 0 aliphatic heterocycles. The quantitative estimate of drug-likeness (QED) is 0.162. The van der Waals surface area contributed by atoms with Crippen LogP contribution in [-0.4, -0.2) is 32.2 Å². The monoisotopic (exact) mass is 507 g/mol. The number of carbonyl (C=O) groups is 2. The molecule has 3 aromatic rings. The zero-order valence-electron chi connectivity index (χ0n) is 21.3. The average molecular weight is 508 g/mol. The third kappa shape index (κ3) is 6.98. The van der Waals surface area contributed by atoms with Crippen LogP contribution >= 0.6 is 11.3 Å². The molecule has 0 saturated heterocycles. The molecule has 1 N–H and O–H groups in total. The number of aryl methyl sites for hydroxylation is 1. The highest BCUT2D eigenvalue weighted by Crippen LogP contribution is 2.36. The molecule has 1 amide bonds. The molecule has 0 unspecified atom stereocenters. The standard InChI is InChI=1S/C29H33NO5S/c1-5-8-17-35-24-15-11-21(18-25(24)34-7-3)12-16-26(31)30-28-27(29(32)33-4)23(19-36-28)22-13-9-20(6-2)10-14-22/h9-16,18-19H,5-8,17H2,1-4H3,(H,30,31)/b16-12+. The van der Waals surface area contributed by atoms with Gasteiger partial charge in [-0.3, -0.25) is 4.79 Å². The maximum atomic E-state index is 12.7. The van der Waals surface area contributed by atoms with E-state index in [4.69, 9.17) is 14.2 Å². The van der Waals surface area contributed by atoms with Crippen molar-refractivity contribution >= 4 is 34.3 Å². The zero-order valence-corrected chi connectivity index (χ0v) is 22.1. The van der Waals surface area contributed by atoms with Crippen LogP contribution in [0.3, 0.4) is 0 Å². The number of hydrogen-bond donors (Lipinski definition) is 1. The fourth-order valence-corrected chi connectivity index (χ4v) is 4.52. The van der Waals surface area contributed by atoms with Crippen LogP contribution in [0, 0.1) is 0 Å². The zero-order chi connectivity index (χ0) is 25.9. The van der Waals surface area contributed by atoms with Crippen molar-refractivity contribution in [2.45, 2.75) is 40.0 Å². The Kier molecular flexibility index (Phi) is 10.1. The normalized spacial score (nSPS) is 10.9. The van der Waals surface area contributed by atoms with Crippen molar-refractivity contribution in [3.05, 3.63) is 70.6 Å². The highest BCUT2D eigenvalue weighted by molar-refractivity contribution is 7.15. The Hall–Kier alpha value is -3.58. The smallest absolute Gasteiger partial charge is 0.341 e. The van der Waals surface area contributed by atoms with Crippen molar-refractivity contribution in [2.75, 3.05) is 25.6 Å². The molecule has 6 nitrogen and oxygen atoms in total. The molecule has 0 atom stereocenters. The van der Waals surface area contributed by atoms with E-state index in [-0.39, 0.29) is 5.91 Å². The van der Waals surface area contributed by atoms with Gasteiger partial charge < -0.3 is 19.5 Å². The van der Waals surface area contributed by atoms with Crippen molar-refractivity contribution in [3.63, 3.8) is 0 Å². The lowest BCUT2D eigenvalue weighted by atomic mass is 10.0. The molecular weight excluding hydrogens is 474 g/mol. The SMILES string of the molecule is CCCCOc1ccc(/C=C/C(=O)Nc2scc(-c3ccc(CC)cc3)c2C(=O)OC)cc1OCC. The summed E-state index contributed by atoms with van der Waals surface area (Å²) in [7, 11) is 1.33. The maximum absolute atomic E-state index is 12.7. The van der Waals surface area contributed by atoms with Crippen LogP contribution in [0.2, 0.25) is 0 Å². The molecule has 0 aliphatic rings. The molecule has 0 saturated carbocycles. The first kappa shape index (κ1) is 27.0. The number of benzene rings is 2. The molecule has 0 aliphatic carbocycles. The van der Waals surface area contributed by atoms with E-state index < -0.39 is 5.97 Å². The number of rotatable bonds is 12. The van der Waals surface area contributed by atoms with E-state index >= 15 is 0 Å². The summed E-state index contributed by atoms with van der Waals surface area (Å²) in [5.41, 5.74) is 3.98. The van der Waals surface area contributed by atoms with E-state index in [9.17, 15) is 9.59 Å². The molecule has 2 aromatic carbocycles. The molecule has 36 heavy (non-hydrogen) atoms. The number of unbranched alkanes of at least 4 members (excludes halogenated alkanes) is 1. The number of methoxy groups -OCH3 is 1. The van der Waals surface area contributed by atoms with E-state index in [1.807, 2.05) is 54.8 Å². The molecule has 190 valence electrons. The summed E-state index contributed by atoms with van der Waals surface area (Å²) in [6, 6.07) is 13.6. The first-order valence-electron chi connectivity index (χ1n) is 12.2. The third-order valence-corrected chi connectivity index (χ3v) is 6.44. The lowest BCUT2D eigenvalue weighted by molar-refractivity contribution is -0.111. The van der Waals surface area contributed by atoms with Gasteiger partial charge in [0.15, 0.2) is 11.5 Å². The predicted molar refractivity (Wildman–Crippen MR) is 146 cm³/mol. The van der Waals surface area contributed by atoms with E-state index in [1.54, 1.807) is 6.08 Å². The second-order valence-electron chi connectivity index (χ2n) is 8.06. The number of esters is 1. The van der Waals surface area contributed by atoms with Crippen LogP contribution in [0.5, 0.6) is 11.5 Å². The Morgan fingerprint density at radius 1 is 1.00 bits per heavy atom. The van der Waals surface area contributed by atoms with Gasteiger partial charge in [0.2, 0.25) is 5.91 Å². The Morgan fingerprint density at radius 2 is 1.78 bits per heavy atom. The van der Waals surface area contributed by atoms with Gasteiger partial charge in [0.05, 0.1) is 20.3 Å². The van der Waals surface area contributed by atoms with Crippen LogP contribution in [0.1, 0.15) is 55.1 Å². The lowest BCUT2D eigenvalue weighted by Gasteiger charge is -2.12. The van der Waals surface area contributed by atoms with Gasteiger partial charge in [0, 0.05) is 17.0 Å². The van der Waals surface area contributed by atoms with E-state index in [1.165, 1.54) is 30.1 Å².